The van der Waals surface area contributed by atoms with Crippen molar-refractivity contribution >= 4 is 11.6 Å². The summed E-state index contributed by atoms with van der Waals surface area (Å²) in [6.45, 7) is 0. The van der Waals surface area contributed by atoms with Gasteiger partial charge in [0.15, 0.2) is 11.5 Å². The second kappa shape index (κ2) is 4.06. The lowest BCUT2D eigenvalue weighted by Crippen LogP contribution is -1.91. The van der Waals surface area contributed by atoms with Crippen molar-refractivity contribution in [2.24, 2.45) is 0 Å². The zero-order chi connectivity index (χ0) is 9.84. The monoisotopic (exact) mass is 196 g/mol. The van der Waals surface area contributed by atoms with Crippen LogP contribution in [0.25, 0.3) is 0 Å². The Morgan fingerprint density at radius 3 is 2.23 bits per heavy atom. The van der Waals surface area contributed by atoms with E-state index in [-0.39, 0.29) is 0 Å². The van der Waals surface area contributed by atoms with Crippen LogP contribution < -0.4 is 9.47 Å². The van der Waals surface area contributed by atoms with Crippen LogP contribution in [0.2, 0.25) is 5.02 Å². The minimum Gasteiger partial charge on any atom is -0.493 e. The normalized spacial score (nSPS) is 9.08. The summed E-state index contributed by atoms with van der Waals surface area (Å²) in [5, 5.41) is 0.486. The molecule has 0 spiro atoms. The standard InChI is InChI=1S/C10H9ClO2/c1-4-7-5-9(12-2)10(13-3)6-8(7)11/h1,5-6H,2-3H3. The van der Waals surface area contributed by atoms with Gasteiger partial charge in [0.05, 0.1) is 19.2 Å². The minimum absolute atomic E-state index is 0.486. The SMILES string of the molecule is C#Cc1cc(OC)c(OC)cc1Cl. The average Bonchev–Trinajstić information content (AvgIpc) is 2.17. The lowest BCUT2D eigenvalue weighted by atomic mass is 10.2. The first kappa shape index (κ1) is 9.76. The van der Waals surface area contributed by atoms with Crippen molar-refractivity contribution in [1.82, 2.24) is 0 Å². The highest BCUT2D eigenvalue weighted by molar-refractivity contribution is 6.32. The van der Waals surface area contributed by atoms with Gasteiger partial charge in [-0.15, -0.1) is 6.42 Å². The molecule has 1 rings (SSSR count). The van der Waals surface area contributed by atoms with E-state index in [1.807, 2.05) is 0 Å². The van der Waals surface area contributed by atoms with Gasteiger partial charge >= 0.3 is 0 Å². The van der Waals surface area contributed by atoms with Crippen LogP contribution in [0.1, 0.15) is 5.56 Å². The van der Waals surface area contributed by atoms with Gasteiger partial charge in [0.25, 0.3) is 0 Å². The van der Waals surface area contributed by atoms with Gasteiger partial charge < -0.3 is 9.47 Å². The number of ether oxygens (including phenoxy) is 2. The molecule has 0 aliphatic heterocycles. The molecule has 0 amide bonds. The topological polar surface area (TPSA) is 18.5 Å². The van der Waals surface area contributed by atoms with Crippen molar-refractivity contribution in [3.63, 3.8) is 0 Å². The molecule has 68 valence electrons. The molecule has 3 heteroatoms. The Labute approximate surface area is 82.4 Å². The van der Waals surface area contributed by atoms with Gasteiger partial charge in [-0.3, -0.25) is 0 Å². The van der Waals surface area contributed by atoms with Crippen LogP contribution in [-0.2, 0) is 0 Å². The average molecular weight is 197 g/mol. The van der Waals surface area contributed by atoms with Crippen molar-refractivity contribution in [2.75, 3.05) is 14.2 Å². The van der Waals surface area contributed by atoms with Crippen LogP contribution in [0, 0.1) is 12.3 Å². The number of benzene rings is 1. The summed E-state index contributed by atoms with van der Waals surface area (Å²) >= 11 is 5.86. The fourth-order valence-electron chi connectivity index (χ4n) is 0.965. The van der Waals surface area contributed by atoms with Gasteiger partial charge in [0, 0.05) is 17.7 Å². The first-order valence-corrected chi connectivity index (χ1v) is 3.99. The molecule has 0 radical (unpaired) electrons. The molecule has 2 nitrogen and oxygen atoms in total. The largest absolute Gasteiger partial charge is 0.493 e. The summed E-state index contributed by atoms with van der Waals surface area (Å²) in [4.78, 5) is 0. The summed E-state index contributed by atoms with van der Waals surface area (Å²) in [6.07, 6.45) is 5.23. The molecule has 0 aliphatic rings. The van der Waals surface area contributed by atoms with E-state index >= 15 is 0 Å². The maximum Gasteiger partial charge on any atom is 0.162 e. The van der Waals surface area contributed by atoms with Gasteiger partial charge in [0.1, 0.15) is 0 Å². The second-order valence-electron chi connectivity index (χ2n) is 2.33. The smallest absolute Gasteiger partial charge is 0.162 e. The van der Waals surface area contributed by atoms with E-state index in [0.29, 0.717) is 22.1 Å². The molecular formula is C10H9ClO2. The Morgan fingerprint density at radius 2 is 1.77 bits per heavy atom. The number of hydrogen-bond donors (Lipinski definition) is 0. The van der Waals surface area contributed by atoms with Crippen LogP contribution in [0.3, 0.4) is 0 Å². The highest BCUT2D eigenvalue weighted by atomic mass is 35.5. The third kappa shape index (κ3) is 1.88. The predicted octanol–water partition coefficient (Wildman–Crippen LogP) is 2.34. The van der Waals surface area contributed by atoms with E-state index in [0.717, 1.165) is 0 Å². The molecule has 0 aliphatic carbocycles. The summed E-state index contributed by atoms with van der Waals surface area (Å²) in [5.74, 6) is 3.61. The van der Waals surface area contributed by atoms with E-state index in [4.69, 9.17) is 27.5 Å². The van der Waals surface area contributed by atoms with E-state index in [1.165, 1.54) is 0 Å². The number of rotatable bonds is 2. The number of hydrogen-bond acceptors (Lipinski definition) is 2. The highest BCUT2D eigenvalue weighted by Crippen LogP contribution is 2.32. The van der Waals surface area contributed by atoms with Crippen molar-refractivity contribution in [3.05, 3.63) is 22.7 Å². The molecule has 0 heterocycles. The van der Waals surface area contributed by atoms with E-state index in [1.54, 1.807) is 26.4 Å². The first-order chi connectivity index (χ1) is 6.22. The maximum atomic E-state index is 5.86. The van der Waals surface area contributed by atoms with Crippen LogP contribution in [0.15, 0.2) is 12.1 Å². The zero-order valence-corrected chi connectivity index (χ0v) is 8.18. The molecule has 0 N–H and O–H groups in total. The minimum atomic E-state index is 0.486. The Kier molecular flexibility index (Phi) is 3.05. The Bertz CT molecular complexity index is 353. The van der Waals surface area contributed by atoms with Crippen LogP contribution in [-0.4, -0.2) is 14.2 Å². The lowest BCUT2D eigenvalue weighted by molar-refractivity contribution is 0.355. The first-order valence-electron chi connectivity index (χ1n) is 3.61. The summed E-state index contributed by atoms with van der Waals surface area (Å²) < 4.78 is 10.1. The highest BCUT2D eigenvalue weighted by Gasteiger charge is 2.07. The summed E-state index contributed by atoms with van der Waals surface area (Å²) in [5.41, 5.74) is 0.597. The van der Waals surface area contributed by atoms with Gasteiger partial charge in [-0.05, 0) is 0 Å². The number of halogens is 1. The number of terminal acetylenes is 1. The predicted molar refractivity (Wildman–Crippen MR) is 52.5 cm³/mol. The Morgan fingerprint density at radius 1 is 1.23 bits per heavy atom. The van der Waals surface area contributed by atoms with Gasteiger partial charge in [-0.25, -0.2) is 0 Å². The molecule has 0 unspecified atom stereocenters. The fourth-order valence-corrected chi connectivity index (χ4v) is 1.17. The second-order valence-corrected chi connectivity index (χ2v) is 2.74. The van der Waals surface area contributed by atoms with Gasteiger partial charge in [-0.2, -0.15) is 0 Å². The molecule has 1 aromatic carbocycles. The molecule has 0 bridgehead atoms. The number of methoxy groups -OCH3 is 2. The fraction of sp³-hybridized carbons (Fsp3) is 0.200. The quantitative estimate of drug-likeness (QED) is 0.676. The van der Waals surface area contributed by atoms with E-state index in [9.17, 15) is 0 Å². The lowest BCUT2D eigenvalue weighted by Gasteiger charge is -2.08. The molecular weight excluding hydrogens is 188 g/mol. The van der Waals surface area contributed by atoms with Crippen LogP contribution >= 0.6 is 11.6 Å². The van der Waals surface area contributed by atoms with Crippen LogP contribution in [0.5, 0.6) is 11.5 Å². The molecule has 0 atom stereocenters. The van der Waals surface area contributed by atoms with Crippen molar-refractivity contribution in [2.45, 2.75) is 0 Å². The Hall–Kier alpha value is -1.33. The van der Waals surface area contributed by atoms with Crippen molar-refractivity contribution in [1.29, 1.82) is 0 Å². The van der Waals surface area contributed by atoms with Crippen LogP contribution in [0.4, 0.5) is 0 Å². The molecule has 1 aromatic rings. The molecule has 0 saturated heterocycles. The van der Waals surface area contributed by atoms with E-state index in [2.05, 4.69) is 5.92 Å². The summed E-state index contributed by atoms with van der Waals surface area (Å²) in [7, 11) is 3.09. The van der Waals surface area contributed by atoms with E-state index < -0.39 is 0 Å². The van der Waals surface area contributed by atoms with Crippen molar-refractivity contribution < 1.29 is 9.47 Å². The molecule has 0 saturated carbocycles. The third-order valence-electron chi connectivity index (χ3n) is 1.63. The third-order valence-corrected chi connectivity index (χ3v) is 1.94. The van der Waals surface area contributed by atoms with Gasteiger partial charge in [-0.1, -0.05) is 17.5 Å². The molecule has 13 heavy (non-hydrogen) atoms. The Balaban J connectivity index is 3.28. The van der Waals surface area contributed by atoms with Crippen molar-refractivity contribution in [3.8, 4) is 23.8 Å². The van der Waals surface area contributed by atoms with Gasteiger partial charge in [0.2, 0.25) is 0 Å². The molecule has 0 aromatic heterocycles. The zero-order valence-electron chi connectivity index (χ0n) is 7.43. The molecule has 0 fully saturated rings. The maximum absolute atomic E-state index is 5.86. The summed E-state index contributed by atoms with van der Waals surface area (Å²) in [6, 6.07) is 3.30.